The van der Waals surface area contributed by atoms with E-state index in [0.29, 0.717) is 51.9 Å². The third kappa shape index (κ3) is 77.3. The smallest absolute Gasteiger partial charge is 0.457 e. The average Bonchev–Trinajstić information content (AvgIpc) is 1.09. The molecule has 0 radical (unpaired) electrons. The van der Waals surface area contributed by atoms with Crippen LogP contribution in [0.5, 0.6) is 0 Å². The predicted octanol–water partition coefficient (Wildman–Crippen LogP) is 22.0. The van der Waals surface area contributed by atoms with Gasteiger partial charge < -0.3 is 48.2 Å². The molecule has 0 saturated heterocycles. The molecule has 0 fully saturated rings. The van der Waals surface area contributed by atoms with Crippen LogP contribution in [0.25, 0.3) is 0 Å². The molecule has 0 saturated carbocycles. The van der Waals surface area contributed by atoms with E-state index in [1.165, 1.54) is 89.9 Å². The molecule has 0 aliphatic rings. The van der Waals surface area contributed by atoms with Crippen LogP contribution in [-0.2, 0) is 65.4 Å². The molecule has 17 nitrogen and oxygen atoms in total. The molecule has 0 spiro atoms. The lowest BCUT2D eigenvalue weighted by Gasteiger charge is -2.21. The topological polar surface area (TPSA) is 237 Å². The number of carbonyl (C=O) groups is 4. The molecule has 0 aliphatic carbocycles. The van der Waals surface area contributed by atoms with Crippen molar-refractivity contribution in [3.63, 3.8) is 0 Å². The maximum absolute atomic E-state index is 13.1. The number of rotatable bonds is 81. The van der Waals surface area contributed by atoms with Crippen LogP contribution in [0.1, 0.15) is 328 Å². The summed E-state index contributed by atoms with van der Waals surface area (Å²) in [5, 5.41) is 10.7. The molecule has 5 atom stereocenters. The van der Waals surface area contributed by atoms with Crippen LogP contribution >= 0.6 is 15.6 Å². The molecule has 0 aromatic heterocycles. The van der Waals surface area contributed by atoms with Crippen molar-refractivity contribution in [2.24, 2.45) is 0 Å². The van der Waals surface area contributed by atoms with Crippen molar-refractivity contribution in [3.05, 3.63) is 85.1 Å². The maximum Gasteiger partial charge on any atom is 0.472 e. The Morgan fingerprint density at radius 1 is 0.320 bits per heavy atom. The lowest BCUT2D eigenvalue weighted by molar-refractivity contribution is -0.154. The Hall–Kier alpha value is -3.28. The van der Waals surface area contributed by atoms with Gasteiger partial charge in [-0.2, -0.15) is 0 Å². The molecule has 0 rings (SSSR count). The van der Waals surface area contributed by atoms with Crippen LogP contribution in [-0.4, -0.2) is 117 Å². The van der Waals surface area contributed by atoms with E-state index < -0.39 is 59.7 Å². The second-order valence-electron chi connectivity index (χ2n) is 26.5. The highest BCUT2D eigenvalue weighted by molar-refractivity contribution is 7.47. The number of ether oxygens (including phenoxy) is 4. The van der Waals surface area contributed by atoms with Gasteiger partial charge in [-0.3, -0.25) is 22.9 Å². The fourth-order valence-corrected chi connectivity index (χ4v) is 12.4. The number of hydrogen-bond donors (Lipinski definition) is 3. The van der Waals surface area contributed by atoms with Crippen LogP contribution in [0.4, 0.5) is 0 Å². The first-order valence-corrected chi connectivity index (χ1v) is 42.7. The Labute approximate surface area is 608 Å². The number of esters is 1. The van der Waals surface area contributed by atoms with Crippen LogP contribution in [0.3, 0.4) is 0 Å². The van der Waals surface area contributed by atoms with Crippen LogP contribution in [0, 0.1) is 0 Å². The number of aldehydes is 3. The van der Waals surface area contributed by atoms with Crippen LogP contribution in [0.2, 0.25) is 0 Å². The molecule has 0 aromatic carbocycles. The monoisotopic (exact) mass is 1450 g/mol. The minimum Gasteiger partial charge on any atom is -0.457 e. The molecule has 580 valence electrons. The van der Waals surface area contributed by atoms with E-state index in [1.807, 2.05) is 6.08 Å². The number of phosphoric acid groups is 2. The van der Waals surface area contributed by atoms with E-state index >= 15 is 0 Å². The molecule has 0 aromatic rings. The summed E-state index contributed by atoms with van der Waals surface area (Å²) in [6.45, 7) is 1.23. The van der Waals surface area contributed by atoms with Gasteiger partial charge in [-0.1, -0.05) is 227 Å². The predicted molar refractivity (Wildman–Crippen MR) is 409 cm³/mol. The minimum absolute atomic E-state index is 0.0727. The molecule has 0 bridgehead atoms. The molecule has 0 heterocycles. The van der Waals surface area contributed by atoms with Crippen molar-refractivity contribution in [3.8, 4) is 0 Å². The van der Waals surface area contributed by atoms with Gasteiger partial charge in [0.25, 0.3) is 0 Å². The van der Waals surface area contributed by atoms with E-state index in [2.05, 4.69) is 85.9 Å². The number of phosphoric ester groups is 2. The van der Waals surface area contributed by atoms with Gasteiger partial charge in [0.1, 0.15) is 37.2 Å². The quantitative estimate of drug-likeness (QED) is 0.0169. The normalized spacial score (nSPS) is 14.4. The third-order valence-corrected chi connectivity index (χ3v) is 18.7. The van der Waals surface area contributed by atoms with E-state index in [0.717, 1.165) is 211 Å². The van der Waals surface area contributed by atoms with E-state index in [4.69, 9.17) is 37.0 Å². The van der Waals surface area contributed by atoms with E-state index in [1.54, 1.807) is 0 Å². The van der Waals surface area contributed by atoms with Crippen LogP contribution in [0.15, 0.2) is 85.1 Å². The Kier molecular flexibility index (Phi) is 75.7. The minimum atomic E-state index is -4.84. The first-order chi connectivity index (χ1) is 49.0. The molecule has 2 unspecified atom stereocenters. The molecular formula is C81H144O17P2. The van der Waals surface area contributed by atoms with Crippen molar-refractivity contribution < 1.29 is 80.2 Å². The zero-order valence-corrected chi connectivity index (χ0v) is 64.5. The summed E-state index contributed by atoms with van der Waals surface area (Å²) in [6, 6.07) is 0. The highest BCUT2D eigenvalue weighted by atomic mass is 31.2. The zero-order valence-electron chi connectivity index (χ0n) is 62.7. The SMILES string of the molecule is CCCCC/C=C\C/C=C\C/C=C\C/C=C\CCCC(=O)O[C@H](COCCCCCCCCC/C=C\CCCCCCC=O)COP(=O)(O)OC[C@@H](O)COP(=O)(O)OC[C@@H](COCCCCCCCCC/C=C\CCCCCCC=O)OCCCCCCC/C=C\CCCCCCC=O. The number of aliphatic hydroxyl groups excluding tert-OH is 1. The Bertz CT molecular complexity index is 2130. The third-order valence-electron chi connectivity index (χ3n) is 16.8. The average molecular weight is 1450 g/mol. The lowest BCUT2D eigenvalue weighted by atomic mass is 10.1. The lowest BCUT2D eigenvalue weighted by Crippen LogP contribution is -2.29. The molecule has 3 N–H and O–H groups in total. The number of allylic oxidation sites excluding steroid dienone is 14. The molecule has 0 aliphatic heterocycles. The van der Waals surface area contributed by atoms with Crippen molar-refractivity contribution in [2.45, 2.75) is 346 Å². The second-order valence-corrected chi connectivity index (χ2v) is 29.4. The van der Waals surface area contributed by atoms with Gasteiger partial charge in [0.15, 0.2) is 0 Å². The van der Waals surface area contributed by atoms with Crippen molar-refractivity contribution >= 4 is 40.5 Å². The summed E-state index contributed by atoms with van der Waals surface area (Å²) in [5.74, 6) is -0.504. The highest BCUT2D eigenvalue weighted by Crippen LogP contribution is 2.45. The summed E-state index contributed by atoms with van der Waals surface area (Å²) in [6.07, 6.45) is 81.7. The standard InChI is InChI=1S/C81H144O17P2/c1-2-3-4-5-6-7-8-9-10-11-16-23-30-37-44-51-58-65-81(86)98-80(75-92-70-63-56-49-42-35-28-21-15-13-18-25-32-39-46-53-60-67-83)77-97-100(89,90)95-73-78(85)72-94-99(87,88)96-76-79(93-71-64-57-50-43-36-29-22-19-26-33-40-47-54-61-68-84)74-91-69-62-55-48-41-34-27-20-14-12-17-24-31-38-45-52-59-66-82/h6-7,9-10,12-13,16-19,22-23,37,44,66-68,78-80,85H,2-5,8,11,14-15,20-21,24-36,38-43,45-65,69-77H2,1H3,(H,87,88)(H,89,90)/b7-6-,10-9-,17-12-,18-13-,22-19-,23-16-,44-37-/t78-,79+,80+/m0/s1. The van der Waals surface area contributed by atoms with Crippen molar-refractivity contribution in [1.82, 2.24) is 0 Å². The first-order valence-electron chi connectivity index (χ1n) is 39.7. The molecule has 0 amide bonds. The van der Waals surface area contributed by atoms with Gasteiger partial charge in [0.2, 0.25) is 0 Å². The summed E-state index contributed by atoms with van der Waals surface area (Å²) < 4.78 is 70.6. The zero-order chi connectivity index (χ0) is 72.7. The van der Waals surface area contributed by atoms with Crippen LogP contribution < -0.4 is 0 Å². The molecule has 19 heteroatoms. The highest BCUT2D eigenvalue weighted by Gasteiger charge is 2.29. The molecular weight excluding hydrogens is 1310 g/mol. The fourth-order valence-electron chi connectivity index (χ4n) is 10.8. The molecule has 100 heavy (non-hydrogen) atoms. The van der Waals surface area contributed by atoms with Gasteiger partial charge in [-0.05, 0) is 161 Å². The van der Waals surface area contributed by atoms with Gasteiger partial charge >= 0.3 is 21.6 Å². The largest absolute Gasteiger partial charge is 0.472 e. The first kappa shape index (κ1) is 96.7. The summed E-state index contributed by atoms with van der Waals surface area (Å²) in [5.41, 5.74) is 0. The summed E-state index contributed by atoms with van der Waals surface area (Å²) in [4.78, 5) is 65.7. The van der Waals surface area contributed by atoms with Gasteiger partial charge in [-0.15, -0.1) is 0 Å². The Morgan fingerprint density at radius 3 is 0.950 bits per heavy atom. The summed E-state index contributed by atoms with van der Waals surface area (Å²) in [7, 11) is -9.59. The van der Waals surface area contributed by atoms with Gasteiger partial charge in [0, 0.05) is 45.5 Å². The van der Waals surface area contributed by atoms with Gasteiger partial charge in [0.05, 0.1) is 39.6 Å². The van der Waals surface area contributed by atoms with Crippen molar-refractivity contribution in [2.75, 3.05) is 59.5 Å². The second kappa shape index (κ2) is 78.3. The Balaban J connectivity index is 5.19. The van der Waals surface area contributed by atoms with Gasteiger partial charge in [-0.25, -0.2) is 9.13 Å². The number of hydrogen-bond acceptors (Lipinski definition) is 15. The number of unbranched alkanes of at least 4 members (excludes halogenated alkanes) is 38. The van der Waals surface area contributed by atoms with Crippen molar-refractivity contribution in [1.29, 1.82) is 0 Å². The maximum atomic E-state index is 13.1. The van der Waals surface area contributed by atoms with E-state index in [9.17, 15) is 43.2 Å². The number of carbonyl (C=O) groups excluding carboxylic acids is 4. The number of aliphatic hydroxyl groups is 1. The Morgan fingerprint density at radius 2 is 0.590 bits per heavy atom. The fraction of sp³-hybridized carbons (Fsp3) is 0.778. The summed E-state index contributed by atoms with van der Waals surface area (Å²) >= 11 is 0. The van der Waals surface area contributed by atoms with E-state index in [-0.39, 0.29) is 26.2 Å².